The number of nitrogens with zero attached hydrogens (tertiary/aromatic N) is 2. The molecule has 0 aromatic carbocycles. The largest absolute Gasteiger partial charge is 0.383 e. The predicted molar refractivity (Wildman–Crippen MR) is 89.1 cm³/mol. The van der Waals surface area contributed by atoms with E-state index in [1.54, 1.807) is 13.2 Å². The van der Waals surface area contributed by atoms with E-state index in [2.05, 4.69) is 10.4 Å². The van der Waals surface area contributed by atoms with Gasteiger partial charge >= 0.3 is 0 Å². The van der Waals surface area contributed by atoms with Crippen molar-refractivity contribution in [2.24, 2.45) is 0 Å². The lowest BCUT2D eigenvalue weighted by atomic mass is 10.2. The lowest BCUT2D eigenvalue weighted by molar-refractivity contribution is 0.0951. The van der Waals surface area contributed by atoms with E-state index < -0.39 is 0 Å². The van der Waals surface area contributed by atoms with Crippen LogP contribution >= 0.6 is 34.5 Å². The average molecular weight is 362 g/mol. The van der Waals surface area contributed by atoms with Gasteiger partial charge < -0.3 is 10.1 Å². The number of aromatic nitrogens is 2. The predicted octanol–water partition coefficient (Wildman–Crippen LogP) is 3.44. The van der Waals surface area contributed by atoms with E-state index in [1.807, 2.05) is 18.5 Å². The Morgan fingerprint density at radius 2 is 2.18 bits per heavy atom. The summed E-state index contributed by atoms with van der Waals surface area (Å²) in [6.45, 7) is 5.57. The summed E-state index contributed by atoms with van der Waals surface area (Å²) in [6.07, 6.45) is 0. The van der Waals surface area contributed by atoms with E-state index in [4.69, 9.17) is 27.9 Å². The Hall–Kier alpha value is -1.08. The van der Waals surface area contributed by atoms with Crippen molar-refractivity contribution in [1.82, 2.24) is 15.1 Å². The molecule has 1 N–H and O–H groups in total. The Kier molecular flexibility index (Phi) is 5.86. The highest BCUT2D eigenvalue weighted by Crippen LogP contribution is 2.31. The summed E-state index contributed by atoms with van der Waals surface area (Å²) in [5.41, 5.74) is 3.31. The van der Waals surface area contributed by atoms with Gasteiger partial charge in [-0.2, -0.15) is 5.10 Å². The molecule has 0 bridgehead atoms. The van der Waals surface area contributed by atoms with E-state index in [-0.39, 0.29) is 5.91 Å². The Morgan fingerprint density at radius 3 is 2.77 bits per heavy atom. The molecule has 0 unspecified atom stereocenters. The lowest BCUT2D eigenvalue weighted by Gasteiger charge is -2.06. The van der Waals surface area contributed by atoms with Gasteiger partial charge in [0.05, 0.1) is 28.7 Å². The molecule has 22 heavy (non-hydrogen) atoms. The van der Waals surface area contributed by atoms with Gasteiger partial charge in [0.1, 0.15) is 4.34 Å². The SMILES string of the molecule is COCCn1nc(C)c(CNC(=O)c2cc(Cl)sc2Cl)c1C. The van der Waals surface area contributed by atoms with Crippen molar-refractivity contribution in [2.45, 2.75) is 26.9 Å². The van der Waals surface area contributed by atoms with Crippen LogP contribution in [0.5, 0.6) is 0 Å². The molecule has 120 valence electrons. The molecule has 0 aliphatic heterocycles. The monoisotopic (exact) mass is 361 g/mol. The molecule has 1 amide bonds. The summed E-state index contributed by atoms with van der Waals surface area (Å²) in [6, 6.07) is 1.58. The second kappa shape index (κ2) is 7.46. The Morgan fingerprint density at radius 1 is 1.45 bits per heavy atom. The Balaban J connectivity index is 2.07. The van der Waals surface area contributed by atoms with Crippen LogP contribution in [0.4, 0.5) is 0 Å². The molecule has 2 rings (SSSR count). The highest BCUT2D eigenvalue weighted by Gasteiger charge is 2.16. The van der Waals surface area contributed by atoms with Gasteiger partial charge in [-0.05, 0) is 19.9 Å². The van der Waals surface area contributed by atoms with Gasteiger partial charge in [-0.3, -0.25) is 9.48 Å². The standard InChI is InChI=1S/C14H17Cl2N3O2S/c1-8-11(9(2)19(18-8)4-5-21-3)7-17-14(20)10-6-12(15)22-13(10)16/h6H,4-5,7H2,1-3H3,(H,17,20). The summed E-state index contributed by atoms with van der Waals surface area (Å²) >= 11 is 13.0. The molecule has 0 aliphatic carbocycles. The fourth-order valence-electron chi connectivity index (χ4n) is 2.14. The number of carbonyl (C=O) groups excluding carboxylic acids is 1. The third kappa shape index (κ3) is 3.81. The first kappa shape index (κ1) is 17.3. The summed E-state index contributed by atoms with van der Waals surface area (Å²) in [4.78, 5) is 12.2. The number of carbonyl (C=O) groups is 1. The molecule has 2 heterocycles. The first-order chi connectivity index (χ1) is 10.4. The van der Waals surface area contributed by atoms with Gasteiger partial charge in [0.2, 0.25) is 0 Å². The smallest absolute Gasteiger partial charge is 0.253 e. The number of hydrogen-bond acceptors (Lipinski definition) is 4. The maximum atomic E-state index is 12.2. The fourth-order valence-corrected chi connectivity index (χ4v) is 3.60. The minimum atomic E-state index is -0.239. The molecule has 0 radical (unpaired) electrons. The molecule has 0 saturated carbocycles. The van der Waals surface area contributed by atoms with Gasteiger partial charge in [-0.15, -0.1) is 11.3 Å². The maximum Gasteiger partial charge on any atom is 0.253 e. The minimum absolute atomic E-state index is 0.239. The summed E-state index contributed by atoms with van der Waals surface area (Å²) in [5.74, 6) is -0.239. The molecule has 0 saturated heterocycles. The number of methoxy groups -OCH3 is 1. The van der Waals surface area contributed by atoms with Crippen LogP contribution in [-0.4, -0.2) is 29.4 Å². The number of halogens is 2. The van der Waals surface area contributed by atoms with Gasteiger partial charge in [0.25, 0.3) is 5.91 Å². The molecule has 0 spiro atoms. The zero-order chi connectivity index (χ0) is 16.3. The van der Waals surface area contributed by atoms with Crippen molar-refractivity contribution in [3.8, 4) is 0 Å². The van der Waals surface area contributed by atoms with E-state index in [0.29, 0.717) is 33.9 Å². The van der Waals surface area contributed by atoms with Gasteiger partial charge in [-0.1, -0.05) is 23.2 Å². The molecule has 8 heteroatoms. The van der Waals surface area contributed by atoms with Crippen LogP contribution in [0, 0.1) is 13.8 Å². The van der Waals surface area contributed by atoms with E-state index in [0.717, 1.165) is 17.0 Å². The molecule has 0 fully saturated rings. The Bertz CT molecular complexity index is 682. The molecule has 0 atom stereocenters. The quantitative estimate of drug-likeness (QED) is 0.857. The number of nitrogens with one attached hydrogen (secondary N) is 1. The first-order valence-electron chi connectivity index (χ1n) is 6.69. The second-order valence-electron chi connectivity index (χ2n) is 4.79. The molecular formula is C14H17Cl2N3O2S. The van der Waals surface area contributed by atoms with Crippen LogP contribution in [0.1, 0.15) is 27.3 Å². The van der Waals surface area contributed by atoms with Crippen molar-refractivity contribution < 1.29 is 9.53 Å². The van der Waals surface area contributed by atoms with Gasteiger partial charge in [0.15, 0.2) is 0 Å². The van der Waals surface area contributed by atoms with Crippen LogP contribution in [-0.2, 0) is 17.8 Å². The summed E-state index contributed by atoms with van der Waals surface area (Å²) in [7, 11) is 1.66. The number of rotatable bonds is 6. The van der Waals surface area contributed by atoms with Crippen molar-refractivity contribution >= 4 is 40.4 Å². The van der Waals surface area contributed by atoms with E-state index in [1.165, 1.54) is 11.3 Å². The van der Waals surface area contributed by atoms with Crippen molar-refractivity contribution in [3.05, 3.63) is 37.3 Å². The zero-order valence-electron chi connectivity index (χ0n) is 12.6. The number of hydrogen-bond donors (Lipinski definition) is 1. The van der Waals surface area contributed by atoms with Crippen molar-refractivity contribution in [2.75, 3.05) is 13.7 Å². The zero-order valence-corrected chi connectivity index (χ0v) is 14.9. The van der Waals surface area contributed by atoms with E-state index in [9.17, 15) is 4.79 Å². The minimum Gasteiger partial charge on any atom is -0.383 e. The Labute approximate surface area is 143 Å². The van der Waals surface area contributed by atoms with Crippen LogP contribution in [0.25, 0.3) is 0 Å². The van der Waals surface area contributed by atoms with Crippen molar-refractivity contribution in [1.29, 1.82) is 0 Å². The third-order valence-electron chi connectivity index (χ3n) is 3.37. The number of amides is 1. The normalized spacial score (nSPS) is 11.0. The van der Waals surface area contributed by atoms with E-state index >= 15 is 0 Å². The number of thiophene rings is 1. The van der Waals surface area contributed by atoms with Crippen LogP contribution in [0.3, 0.4) is 0 Å². The van der Waals surface area contributed by atoms with Crippen molar-refractivity contribution in [3.63, 3.8) is 0 Å². The molecular weight excluding hydrogens is 345 g/mol. The number of ether oxygens (including phenoxy) is 1. The highest BCUT2D eigenvalue weighted by molar-refractivity contribution is 7.20. The maximum absolute atomic E-state index is 12.2. The second-order valence-corrected chi connectivity index (χ2v) is 7.07. The van der Waals surface area contributed by atoms with Gasteiger partial charge in [-0.25, -0.2) is 0 Å². The summed E-state index contributed by atoms with van der Waals surface area (Å²) < 4.78 is 7.84. The average Bonchev–Trinajstić information content (AvgIpc) is 2.94. The fraction of sp³-hybridized carbons (Fsp3) is 0.429. The molecule has 5 nitrogen and oxygen atoms in total. The highest BCUT2D eigenvalue weighted by atomic mass is 35.5. The van der Waals surface area contributed by atoms with Crippen LogP contribution < -0.4 is 5.32 Å². The first-order valence-corrected chi connectivity index (χ1v) is 8.26. The summed E-state index contributed by atoms with van der Waals surface area (Å²) in [5, 5.41) is 7.32. The molecule has 2 aromatic heterocycles. The van der Waals surface area contributed by atoms with Crippen LogP contribution in [0.2, 0.25) is 8.67 Å². The topological polar surface area (TPSA) is 56.1 Å². The molecule has 0 aliphatic rings. The number of aryl methyl sites for hydroxylation is 1. The van der Waals surface area contributed by atoms with Crippen LogP contribution in [0.15, 0.2) is 6.07 Å². The third-order valence-corrected chi connectivity index (χ3v) is 4.85. The lowest BCUT2D eigenvalue weighted by Crippen LogP contribution is -2.23. The molecule has 2 aromatic rings. The van der Waals surface area contributed by atoms with Gasteiger partial charge in [0, 0.05) is 24.9 Å².